The number of sulfonamides is 1. The maximum absolute atomic E-state index is 12.0. The number of hydrogen-bond acceptors (Lipinski definition) is 5. The first kappa shape index (κ1) is 17.1. The van der Waals surface area contributed by atoms with Gasteiger partial charge in [-0.2, -0.15) is 0 Å². The lowest BCUT2D eigenvalue weighted by Crippen LogP contribution is -2.33. The van der Waals surface area contributed by atoms with Crippen molar-refractivity contribution in [1.29, 1.82) is 0 Å². The van der Waals surface area contributed by atoms with E-state index in [9.17, 15) is 13.2 Å². The SMILES string of the molecule is CC(C)CNC(=O)CCNS(=O)(=O)c1c(Br)nnn1C. The maximum Gasteiger partial charge on any atom is 0.260 e. The van der Waals surface area contributed by atoms with E-state index in [4.69, 9.17) is 0 Å². The number of hydrogen-bond donors (Lipinski definition) is 2. The second kappa shape index (κ2) is 7.14. The van der Waals surface area contributed by atoms with Crippen LogP contribution in [0.2, 0.25) is 0 Å². The van der Waals surface area contributed by atoms with Crippen molar-refractivity contribution in [2.75, 3.05) is 13.1 Å². The van der Waals surface area contributed by atoms with Gasteiger partial charge >= 0.3 is 0 Å². The molecule has 0 bridgehead atoms. The number of aryl methyl sites for hydroxylation is 1. The Hall–Kier alpha value is -1.00. The smallest absolute Gasteiger partial charge is 0.260 e. The topological polar surface area (TPSA) is 106 Å². The Kier molecular flexibility index (Phi) is 6.08. The van der Waals surface area contributed by atoms with E-state index < -0.39 is 10.0 Å². The molecule has 1 aromatic heterocycles. The van der Waals surface area contributed by atoms with E-state index in [1.54, 1.807) is 0 Å². The van der Waals surface area contributed by atoms with E-state index in [-0.39, 0.29) is 28.5 Å². The zero-order valence-electron chi connectivity index (χ0n) is 11.6. The van der Waals surface area contributed by atoms with Crippen LogP contribution in [0, 0.1) is 5.92 Å². The molecule has 20 heavy (non-hydrogen) atoms. The van der Waals surface area contributed by atoms with Crippen molar-refractivity contribution in [3.05, 3.63) is 4.60 Å². The number of halogens is 1. The molecule has 1 aromatic rings. The van der Waals surface area contributed by atoms with Crippen molar-refractivity contribution in [3.63, 3.8) is 0 Å². The molecular formula is C10H18BrN5O3S. The number of carbonyl (C=O) groups is 1. The van der Waals surface area contributed by atoms with E-state index in [0.29, 0.717) is 12.5 Å². The molecule has 8 nitrogen and oxygen atoms in total. The molecule has 1 heterocycles. The number of carbonyl (C=O) groups excluding carboxylic acids is 1. The Balaban J connectivity index is 2.51. The highest BCUT2D eigenvalue weighted by molar-refractivity contribution is 9.10. The van der Waals surface area contributed by atoms with Gasteiger partial charge in [0, 0.05) is 26.6 Å². The molecule has 0 atom stereocenters. The Bertz CT molecular complexity index is 550. The van der Waals surface area contributed by atoms with E-state index in [2.05, 4.69) is 36.3 Å². The first-order valence-electron chi connectivity index (χ1n) is 6.05. The van der Waals surface area contributed by atoms with Crippen LogP contribution >= 0.6 is 15.9 Å². The van der Waals surface area contributed by atoms with Gasteiger partial charge < -0.3 is 5.32 Å². The fourth-order valence-corrected chi connectivity index (χ4v) is 3.50. The average molecular weight is 368 g/mol. The zero-order chi connectivity index (χ0) is 15.3. The summed E-state index contributed by atoms with van der Waals surface area (Å²) in [5, 5.41) is 9.85. The third kappa shape index (κ3) is 4.84. The van der Waals surface area contributed by atoms with Crippen LogP contribution < -0.4 is 10.0 Å². The summed E-state index contributed by atoms with van der Waals surface area (Å²) in [5.41, 5.74) is 0. The molecule has 2 N–H and O–H groups in total. The largest absolute Gasteiger partial charge is 0.356 e. The van der Waals surface area contributed by atoms with Gasteiger partial charge in [-0.3, -0.25) is 4.79 Å². The molecule has 0 radical (unpaired) electrons. The summed E-state index contributed by atoms with van der Waals surface area (Å²) in [6.07, 6.45) is 0.0782. The van der Waals surface area contributed by atoms with Crippen LogP contribution in [0.15, 0.2) is 9.63 Å². The highest BCUT2D eigenvalue weighted by atomic mass is 79.9. The minimum atomic E-state index is -3.74. The molecule has 0 aliphatic rings. The molecule has 0 spiro atoms. The monoisotopic (exact) mass is 367 g/mol. The molecule has 0 aliphatic carbocycles. The van der Waals surface area contributed by atoms with Crippen LogP contribution in [0.25, 0.3) is 0 Å². The van der Waals surface area contributed by atoms with Crippen molar-refractivity contribution >= 4 is 31.9 Å². The molecule has 0 aromatic carbocycles. The minimum absolute atomic E-state index is 0.0177. The highest BCUT2D eigenvalue weighted by Gasteiger charge is 2.23. The summed E-state index contributed by atoms with van der Waals surface area (Å²) < 4.78 is 27.6. The van der Waals surface area contributed by atoms with Gasteiger partial charge in [-0.15, -0.1) is 5.10 Å². The van der Waals surface area contributed by atoms with Crippen LogP contribution in [0.5, 0.6) is 0 Å². The molecule has 10 heteroatoms. The van der Waals surface area contributed by atoms with Gasteiger partial charge in [0.2, 0.25) is 10.9 Å². The molecule has 0 saturated carbocycles. The van der Waals surface area contributed by atoms with Gasteiger partial charge in [-0.25, -0.2) is 17.8 Å². The second-order valence-electron chi connectivity index (χ2n) is 4.65. The van der Waals surface area contributed by atoms with E-state index in [0.717, 1.165) is 4.68 Å². The Labute approximate surface area is 126 Å². The van der Waals surface area contributed by atoms with Crippen LogP contribution in [0.3, 0.4) is 0 Å². The summed E-state index contributed by atoms with van der Waals surface area (Å²) in [7, 11) is -2.27. The molecule has 1 amide bonds. The lowest BCUT2D eigenvalue weighted by molar-refractivity contribution is -0.121. The van der Waals surface area contributed by atoms with E-state index in [1.165, 1.54) is 7.05 Å². The van der Waals surface area contributed by atoms with Crippen LogP contribution in [-0.4, -0.2) is 42.4 Å². The van der Waals surface area contributed by atoms with Gasteiger partial charge in [0.1, 0.15) is 0 Å². The Morgan fingerprint density at radius 1 is 1.45 bits per heavy atom. The van der Waals surface area contributed by atoms with Crippen LogP contribution in [-0.2, 0) is 21.9 Å². The zero-order valence-corrected chi connectivity index (χ0v) is 14.0. The summed E-state index contributed by atoms with van der Waals surface area (Å²) in [4.78, 5) is 11.5. The molecule has 0 saturated heterocycles. The number of aromatic nitrogens is 3. The number of nitrogens with zero attached hydrogens (tertiary/aromatic N) is 3. The summed E-state index contributed by atoms with van der Waals surface area (Å²) in [6.45, 7) is 4.55. The molecular weight excluding hydrogens is 350 g/mol. The van der Waals surface area contributed by atoms with E-state index in [1.807, 2.05) is 13.8 Å². The fraction of sp³-hybridized carbons (Fsp3) is 0.700. The number of nitrogens with one attached hydrogen (secondary N) is 2. The molecule has 1 rings (SSSR count). The Morgan fingerprint density at radius 3 is 2.60 bits per heavy atom. The molecule has 0 unspecified atom stereocenters. The van der Waals surface area contributed by atoms with E-state index >= 15 is 0 Å². The predicted molar refractivity (Wildman–Crippen MR) is 76.4 cm³/mol. The van der Waals surface area contributed by atoms with Crippen molar-refractivity contribution in [2.45, 2.75) is 25.3 Å². The minimum Gasteiger partial charge on any atom is -0.356 e. The van der Waals surface area contributed by atoms with Gasteiger partial charge in [-0.05, 0) is 21.8 Å². The maximum atomic E-state index is 12.0. The normalized spacial score (nSPS) is 11.8. The molecule has 0 aliphatic heterocycles. The Morgan fingerprint density at radius 2 is 2.10 bits per heavy atom. The molecule has 114 valence electrons. The number of rotatable bonds is 7. The predicted octanol–water partition coefficient (Wildman–Crippen LogP) is 0.0182. The first-order valence-corrected chi connectivity index (χ1v) is 8.33. The van der Waals surface area contributed by atoms with Crippen molar-refractivity contribution < 1.29 is 13.2 Å². The van der Waals surface area contributed by atoms with Crippen molar-refractivity contribution in [1.82, 2.24) is 25.0 Å². The van der Waals surface area contributed by atoms with Gasteiger partial charge in [-0.1, -0.05) is 19.1 Å². The highest BCUT2D eigenvalue weighted by Crippen LogP contribution is 2.17. The second-order valence-corrected chi connectivity index (χ2v) is 7.09. The third-order valence-corrected chi connectivity index (χ3v) is 4.69. The van der Waals surface area contributed by atoms with Gasteiger partial charge in [0.25, 0.3) is 10.0 Å². The van der Waals surface area contributed by atoms with Crippen LogP contribution in [0.4, 0.5) is 0 Å². The average Bonchev–Trinajstić information content (AvgIpc) is 2.66. The van der Waals surface area contributed by atoms with Crippen molar-refractivity contribution in [3.8, 4) is 0 Å². The summed E-state index contributed by atoms with van der Waals surface area (Å²) >= 11 is 3.02. The quantitative estimate of drug-likeness (QED) is 0.706. The van der Waals surface area contributed by atoms with Crippen molar-refractivity contribution in [2.24, 2.45) is 13.0 Å². The fourth-order valence-electron chi connectivity index (χ4n) is 1.38. The molecule has 0 fully saturated rings. The lowest BCUT2D eigenvalue weighted by atomic mass is 10.2. The standard InChI is InChI=1S/C10H18BrN5O3S/c1-7(2)6-12-8(17)4-5-13-20(18,19)10-9(11)14-15-16(10)3/h7,13H,4-6H2,1-3H3,(H,12,17). The first-order chi connectivity index (χ1) is 9.24. The van der Waals surface area contributed by atoms with Gasteiger partial charge in [0.15, 0.2) is 4.60 Å². The number of amides is 1. The third-order valence-electron chi connectivity index (χ3n) is 2.34. The van der Waals surface area contributed by atoms with Crippen LogP contribution in [0.1, 0.15) is 20.3 Å². The van der Waals surface area contributed by atoms with Gasteiger partial charge in [0.05, 0.1) is 0 Å². The summed E-state index contributed by atoms with van der Waals surface area (Å²) in [5.74, 6) is 0.163. The summed E-state index contributed by atoms with van der Waals surface area (Å²) in [6, 6.07) is 0. The lowest BCUT2D eigenvalue weighted by Gasteiger charge is -2.09.